The van der Waals surface area contributed by atoms with Gasteiger partial charge in [0.1, 0.15) is 11.3 Å². The van der Waals surface area contributed by atoms with Crippen LogP contribution in [0.5, 0.6) is 5.75 Å². The molecule has 0 bridgehead atoms. The van der Waals surface area contributed by atoms with Crippen molar-refractivity contribution in [3.63, 3.8) is 0 Å². The number of anilines is 1. The molecule has 1 aliphatic rings. The van der Waals surface area contributed by atoms with E-state index in [4.69, 9.17) is 27.9 Å². The van der Waals surface area contributed by atoms with Crippen molar-refractivity contribution >= 4 is 45.8 Å². The summed E-state index contributed by atoms with van der Waals surface area (Å²) in [4.78, 5) is 29.9. The molecule has 162 valence electrons. The number of para-hydroxylation sites is 2. The molecule has 2 aromatic carbocycles. The van der Waals surface area contributed by atoms with Gasteiger partial charge in [0.2, 0.25) is 0 Å². The van der Waals surface area contributed by atoms with E-state index in [0.717, 1.165) is 11.4 Å². The summed E-state index contributed by atoms with van der Waals surface area (Å²) in [5, 5.41) is 13.0. The lowest BCUT2D eigenvalue weighted by atomic mass is 10.2. The summed E-state index contributed by atoms with van der Waals surface area (Å²) in [6.07, 6.45) is 0. The fourth-order valence-electron chi connectivity index (χ4n) is 3.83. The number of aromatic nitrogens is 2. The molecule has 10 heteroatoms. The van der Waals surface area contributed by atoms with Crippen molar-refractivity contribution in [2.45, 2.75) is 6.92 Å². The van der Waals surface area contributed by atoms with Crippen molar-refractivity contribution < 1.29 is 14.0 Å². The Morgan fingerprint density at radius 1 is 1.10 bits per heavy atom. The van der Waals surface area contributed by atoms with E-state index in [-0.39, 0.29) is 32.5 Å². The fourth-order valence-corrected chi connectivity index (χ4v) is 4.14. The monoisotopic (exact) mass is 462 g/mol. The van der Waals surface area contributed by atoms with E-state index in [0.29, 0.717) is 35.3 Å². The number of hydrogen-bond donors (Lipinski definition) is 0. The predicted molar refractivity (Wildman–Crippen MR) is 120 cm³/mol. The number of carbonyl (C=O) groups excluding carboxylic acids is 1. The number of methoxy groups -OCH3 is 1. The molecule has 31 heavy (non-hydrogen) atoms. The molecule has 1 amide bonds. The van der Waals surface area contributed by atoms with Crippen LogP contribution in [-0.4, -0.2) is 48.8 Å². The topological polar surface area (TPSA) is 83.7 Å². The van der Waals surface area contributed by atoms with Gasteiger partial charge in [-0.05, 0) is 25.1 Å². The van der Waals surface area contributed by atoms with Gasteiger partial charge in [0.15, 0.2) is 0 Å². The van der Waals surface area contributed by atoms with Gasteiger partial charge in [0, 0.05) is 37.2 Å². The minimum absolute atomic E-state index is 0.00833. The first-order chi connectivity index (χ1) is 14.8. The first-order valence-corrected chi connectivity index (χ1v) is 10.4. The van der Waals surface area contributed by atoms with Crippen LogP contribution in [0.2, 0.25) is 10.0 Å². The van der Waals surface area contributed by atoms with Crippen LogP contribution in [0.4, 0.5) is 5.69 Å². The summed E-state index contributed by atoms with van der Waals surface area (Å²) in [6.45, 7) is 3.37. The van der Waals surface area contributed by atoms with Crippen molar-refractivity contribution in [1.29, 1.82) is 0 Å². The van der Waals surface area contributed by atoms with Gasteiger partial charge in [0.05, 0.1) is 33.0 Å². The van der Waals surface area contributed by atoms with Crippen molar-refractivity contribution in [1.82, 2.24) is 9.63 Å². The number of halogens is 2. The number of rotatable bonds is 3. The minimum atomic E-state index is -0.496. The zero-order valence-corrected chi connectivity index (χ0v) is 18.5. The van der Waals surface area contributed by atoms with Crippen LogP contribution in [0.3, 0.4) is 0 Å². The lowest BCUT2D eigenvalue weighted by Gasteiger charge is -2.36. The fraction of sp³-hybridized carbons (Fsp3) is 0.286. The Morgan fingerprint density at radius 2 is 1.74 bits per heavy atom. The lowest BCUT2D eigenvalue weighted by Crippen LogP contribution is -2.50. The second-order valence-electron chi connectivity index (χ2n) is 7.23. The number of hydrogen-bond acceptors (Lipinski definition) is 5. The summed E-state index contributed by atoms with van der Waals surface area (Å²) >= 11 is 12.0. The van der Waals surface area contributed by atoms with E-state index in [1.165, 1.54) is 19.1 Å². The maximum absolute atomic E-state index is 13.2. The number of amides is 1. The van der Waals surface area contributed by atoms with Crippen LogP contribution in [0.15, 0.2) is 36.4 Å². The third-order valence-electron chi connectivity index (χ3n) is 5.50. The van der Waals surface area contributed by atoms with Gasteiger partial charge in [-0.15, -0.1) is 0 Å². The average molecular weight is 463 g/mol. The molecule has 1 aromatic heterocycles. The van der Waals surface area contributed by atoms with Crippen LogP contribution in [0.1, 0.15) is 16.2 Å². The van der Waals surface area contributed by atoms with Gasteiger partial charge in [-0.1, -0.05) is 35.3 Å². The SMILES string of the molecule is COc1ccccc1N1CCN(C(=O)c2c(C)n([O-])c3cc(Cl)c(Cl)cc3[n+]2=O)CC1. The van der Waals surface area contributed by atoms with Crippen molar-refractivity contribution in [3.05, 3.63) is 67.9 Å². The quantitative estimate of drug-likeness (QED) is 0.556. The third kappa shape index (κ3) is 3.66. The maximum atomic E-state index is 13.2. The van der Waals surface area contributed by atoms with Gasteiger partial charge in [-0.3, -0.25) is 4.79 Å². The molecule has 1 saturated heterocycles. The highest BCUT2D eigenvalue weighted by atomic mass is 35.5. The number of piperazine rings is 1. The molecule has 1 aliphatic heterocycles. The van der Waals surface area contributed by atoms with E-state index in [1.54, 1.807) is 12.0 Å². The predicted octanol–water partition coefficient (Wildman–Crippen LogP) is 3.49. The summed E-state index contributed by atoms with van der Waals surface area (Å²) in [5.41, 5.74) is 0.789. The van der Waals surface area contributed by atoms with Crippen LogP contribution in [-0.2, 0) is 0 Å². The Hall–Kier alpha value is -2.97. The lowest BCUT2D eigenvalue weighted by molar-refractivity contribution is -0.469. The van der Waals surface area contributed by atoms with Gasteiger partial charge in [-0.25, -0.2) is 0 Å². The Kier molecular flexibility index (Phi) is 5.68. The zero-order chi connectivity index (χ0) is 22.3. The Labute approximate surface area is 188 Å². The smallest absolute Gasteiger partial charge is 0.346 e. The molecule has 0 N–H and O–H groups in total. The highest BCUT2D eigenvalue weighted by molar-refractivity contribution is 6.42. The van der Waals surface area contributed by atoms with Crippen LogP contribution in [0, 0.1) is 17.0 Å². The minimum Gasteiger partial charge on any atom is -0.805 e. The second kappa shape index (κ2) is 8.28. The molecule has 0 atom stereocenters. The van der Waals surface area contributed by atoms with Crippen molar-refractivity contribution in [3.8, 4) is 5.75 Å². The maximum Gasteiger partial charge on any atom is 0.346 e. The van der Waals surface area contributed by atoms with E-state index >= 15 is 0 Å². The van der Waals surface area contributed by atoms with E-state index in [1.807, 2.05) is 24.3 Å². The van der Waals surface area contributed by atoms with Gasteiger partial charge in [0.25, 0.3) is 5.52 Å². The van der Waals surface area contributed by atoms with Gasteiger partial charge in [-0.2, -0.15) is 0 Å². The first-order valence-electron chi connectivity index (χ1n) is 9.65. The van der Waals surface area contributed by atoms with Crippen molar-refractivity contribution in [2.24, 2.45) is 0 Å². The standard InChI is InChI=1S/C21H20Cl2N4O4/c1-13-20(27(30)18-12-15(23)14(22)11-17(18)26(13)29)21(28)25-9-7-24(8-10-25)16-5-3-4-6-19(16)31-2/h3-6,11-12H,7-10H2,1-2H3. The number of nitrogens with zero attached hydrogens (tertiary/aromatic N) is 4. The van der Waals surface area contributed by atoms with Crippen LogP contribution in [0.25, 0.3) is 11.0 Å². The van der Waals surface area contributed by atoms with Gasteiger partial charge >= 0.3 is 11.6 Å². The van der Waals surface area contributed by atoms with Crippen molar-refractivity contribution in [2.75, 3.05) is 38.2 Å². The summed E-state index contributed by atoms with van der Waals surface area (Å²) < 4.78 is 6.44. The second-order valence-corrected chi connectivity index (χ2v) is 8.04. The first kappa shape index (κ1) is 21.3. The molecule has 3 aromatic rings. The molecule has 4 rings (SSSR count). The number of ether oxygens (including phenoxy) is 1. The number of fused-ring (bicyclic) bond motifs is 1. The summed E-state index contributed by atoms with van der Waals surface area (Å²) in [6, 6.07) is 10.3. The molecule has 0 aliphatic carbocycles. The van der Waals surface area contributed by atoms with Crippen LogP contribution >= 0.6 is 23.2 Å². The number of carbonyl (C=O) groups is 1. The molecule has 2 heterocycles. The molecular weight excluding hydrogens is 443 g/mol. The Morgan fingerprint density at radius 3 is 2.42 bits per heavy atom. The molecule has 0 unspecified atom stereocenters. The molecule has 0 spiro atoms. The summed E-state index contributed by atoms with van der Waals surface area (Å²) in [5.74, 6) is 0.262. The molecule has 1 fully saturated rings. The molecular formula is C21H20Cl2N4O4. The molecule has 0 radical (unpaired) electrons. The Bertz CT molecular complexity index is 1240. The largest absolute Gasteiger partial charge is 0.805 e. The molecule has 8 nitrogen and oxygen atoms in total. The van der Waals surface area contributed by atoms with Crippen LogP contribution < -0.4 is 14.1 Å². The Balaban J connectivity index is 1.64. The van der Waals surface area contributed by atoms with E-state index in [9.17, 15) is 14.9 Å². The zero-order valence-electron chi connectivity index (χ0n) is 17.0. The highest BCUT2D eigenvalue weighted by Crippen LogP contribution is 2.29. The third-order valence-corrected chi connectivity index (χ3v) is 6.22. The average Bonchev–Trinajstić information content (AvgIpc) is 2.79. The van der Waals surface area contributed by atoms with E-state index in [2.05, 4.69) is 4.90 Å². The van der Waals surface area contributed by atoms with E-state index < -0.39 is 5.91 Å². The molecule has 0 saturated carbocycles. The normalized spacial score (nSPS) is 14.2. The van der Waals surface area contributed by atoms with Gasteiger partial charge < -0.3 is 24.5 Å². The highest BCUT2D eigenvalue weighted by Gasteiger charge is 2.33. The summed E-state index contributed by atoms with van der Waals surface area (Å²) in [7, 11) is 1.62. The number of benzene rings is 2.